The van der Waals surface area contributed by atoms with Crippen LogP contribution < -0.4 is 14.8 Å². The minimum Gasteiger partial charge on any atom is -0.490 e. The highest BCUT2D eigenvalue weighted by Gasteiger charge is 2.35. The van der Waals surface area contributed by atoms with E-state index in [4.69, 9.17) is 30.6 Å². The van der Waals surface area contributed by atoms with Crippen LogP contribution >= 0.6 is 27.5 Å². The van der Waals surface area contributed by atoms with Gasteiger partial charge >= 0.3 is 18.0 Å². The zero-order valence-corrected chi connectivity index (χ0v) is 21.1. The number of amides is 3. The topological polar surface area (TPSA) is 145 Å². The van der Waals surface area contributed by atoms with E-state index in [2.05, 4.69) is 26.0 Å². The number of rotatable bonds is 9. The number of nitrogens with zero attached hydrogens (tertiary/aromatic N) is 1. The summed E-state index contributed by atoms with van der Waals surface area (Å²) < 4.78 is 21.2. The van der Waals surface area contributed by atoms with Gasteiger partial charge in [-0.1, -0.05) is 11.6 Å². The molecule has 3 rings (SSSR count). The van der Waals surface area contributed by atoms with Gasteiger partial charge in [-0.15, -0.1) is 0 Å². The van der Waals surface area contributed by atoms with Crippen molar-refractivity contribution < 1.29 is 42.9 Å². The van der Waals surface area contributed by atoms with Crippen LogP contribution in [0.3, 0.4) is 0 Å². The van der Waals surface area contributed by atoms with Gasteiger partial charge < -0.3 is 29.1 Å². The number of ether oxygens (including phenoxy) is 3. The number of urea groups is 1. The van der Waals surface area contributed by atoms with E-state index in [1.54, 1.807) is 6.92 Å². The number of halogens is 2. The first-order valence-electron chi connectivity index (χ1n) is 10.1. The van der Waals surface area contributed by atoms with Gasteiger partial charge in [0.25, 0.3) is 5.91 Å². The summed E-state index contributed by atoms with van der Waals surface area (Å²) in [5.74, 6) is -2.22. The Morgan fingerprint density at radius 1 is 1.34 bits per heavy atom. The Labute approximate surface area is 212 Å². The quantitative estimate of drug-likeness (QED) is 0.261. The van der Waals surface area contributed by atoms with Crippen LogP contribution in [0.2, 0.25) is 5.02 Å². The van der Waals surface area contributed by atoms with Crippen LogP contribution in [-0.2, 0) is 20.9 Å². The molecule has 0 unspecified atom stereocenters. The number of carboxylic acid groups (broad SMARTS) is 1. The number of hydrogen-bond acceptors (Lipinski definition) is 8. The highest BCUT2D eigenvalue weighted by atomic mass is 79.9. The molecule has 1 atom stereocenters. The standard InChI is InChI=1S/C22H20BrClN2O9/c1-4-33-15-8-11(16(23)17(24)18(15)34-10(2)20(28)29)7-13-19(27)26(22(31)25-13)9-12-5-6-14(35-12)21(30)32-3/h5-8,10H,4,9H2,1-3H3,(H,25,31)(H,28,29)/b13-7-/t10-/m1/s1. The normalized spacial score (nSPS) is 15.2. The Hall–Kier alpha value is -3.51. The minimum atomic E-state index is -1.20. The van der Waals surface area contributed by atoms with E-state index >= 15 is 0 Å². The zero-order valence-electron chi connectivity index (χ0n) is 18.7. The molecule has 1 aromatic carbocycles. The van der Waals surface area contributed by atoms with Crippen LogP contribution in [0.15, 0.2) is 32.8 Å². The summed E-state index contributed by atoms with van der Waals surface area (Å²) in [7, 11) is 1.20. The Balaban J connectivity index is 1.90. The van der Waals surface area contributed by atoms with Gasteiger partial charge in [-0.05, 0) is 59.6 Å². The summed E-state index contributed by atoms with van der Waals surface area (Å²) in [4.78, 5) is 49.0. The Morgan fingerprint density at radius 2 is 2.06 bits per heavy atom. The molecule has 2 heterocycles. The van der Waals surface area contributed by atoms with Crippen molar-refractivity contribution in [1.82, 2.24) is 10.2 Å². The third-order valence-corrected chi connectivity index (χ3v) is 6.17. The van der Waals surface area contributed by atoms with Gasteiger partial charge in [0, 0.05) is 4.47 Å². The third kappa shape index (κ3) is 5.60. The zero-order chi connectivity index (χ0) is 25.9. The molecule has 186 valence electrons. The van der Waals surface area contributed by atoms with Gasteiger partial charge in [0.2, 0.25) is 5.76 Å². The lowest BCUT2D eigenvalue weighted by Crippen LogP contribution is -2.30. The van der Waals surface area contributed by atoms with Crippen molar-refractivity contribution in [2.24, 2.45) is 0 Å². The number of nitrogens with one attached hydrogen (secondary N) is 1. The van der Waals surface area contributed by atoms with E-state index in [9.17, 15) is 19.2 Å². The van der Waals surface area contributed by atoms with Crippen LogP contribution in [0.25, 0.3) is 6.08 Å². The van der Waals surface area contributed by atoms with Crippen molar-refractivity contribution in [1.29, 1.82) is 0 Å². The van der Waals surface area contributed by atoms with E-state index in [1.165, 1.54) is 38.3 Å². The molecule has 1 aliphatic rings. The fourth-order valence-electron chi connectivity index (χ4n) is 3.01. The van der Waals surface area contributed by atoms with Gasteiger partial charge in [0.15, 0.2) is 17.6 Å². The Bertz CT molecular complexity index is 1220. The maximum Gasteiger partial charge on any atom is 0.373 e. The number of esters is 1. The summed E-state index contributed by atoms with van der Waals surface area (Å²) in [6.45, 7) is 3.07. The average Bonchev–Trinajstić information content (AvgIpc) is 3.39. The summed E-state index contributed by atoms with van der Waals surface area (Å²) in [5, 5.41) is 11.7. The van der Waals surface area contributed by atoms with Gasteiger partial charge in [0.05, 0.1) is 20.3 Å². The highest BCUT2D eigenvalue weighted by Crippen LogP contribution is 2.44. The molecule has 35 heavy (non-hydrogen) atoms. The van der Waals surface area contributed by atoms with Gasteiger partial charge in [-0.25, -0.2) is 14.4 Å². The van der Waals surface area contributed by atoms with Gasteiger partial charge in [-0.3, -0.25) is 9.69 Å². The van der Waals surface area contributed by atoms with E-state index in [0.29, 0.717) is 5.56 Å². The summed E-state index contributed by atoms with van der Waals surface area (Å²) in [5.41, 5.74) is 0.312. The lowest BCUT2D eigenvalue weighted by Gasteiger charge is -2.18. The van der Waals surface area contributed by atoms with E-state index in [0.717, 1.165) is 4.90 Å². The predicted octanol–water partition coefficient (Wildman–Crippen LogP) is 3.83. The van der Waals surface area contributed by atoms with E-state index in [-0.39, 0.29) is 51.4 Å². The van der Waals surface area contributed by atoms with Crippen LogP contribution in [0, 0.1) is 0 Å². The summed E-state index contributed by atoms with van der Waals surface area (Å²) >= 11 is 9.73. The number of hydrogen-bond donors (Lipinski definition) is 2. The minimum absolute atomic E-state index is 0.0140. The van der Waals surface area contributed by atoms with E-state index < -0.39 is 30.0 Å². The SMILES string of the molecule is CCOc1cc(/C=C2\NC(=O)N(Cc3ccc(C(=O)OC)o3)C2=O)c(Br)c(Cl)c1O[C@H](C)C(=O)O. The summed E-state index contributed by atoms with van der Waals surface area (Å²) in [6.07, 6.45) is 0.180. The number of aliphatic carboxylic acids is 1. The van der Waals surface area contributed by atoms with Crippen molar-refractivity contribution in [2.45, 2.75) is 26.5 Å². The van der Waals surface area contributed by atoms with Crippen LogP contribution in [0.5, 0.6) is 11.5 Å². The molecule has 0 aliphatic carbocycles. The number of carboxylic acids is 1. The first-order chi connectivity index (χ1) is 16.6. The molecule has 1 saturated heterocycles. The molecule has 13 heteroatoms. The molecule has 1 fully saturated rings. The van der Waals surface area contributed by atoms with Crippen LogP contribution in [-0.4, -0.2) is 53.7 Å². The van der Waals surface area contributed by atoms with Gasteiger partial charge in [-0.2, -0.15) is 0 Å². The fraction of sp³-hybridized carbons (Fsp3) is 0.273. The lowest BCUT2D eigenvalue weighted by atomic mass is 10.1. The van der Waals surface area contributed by atoms with Crippen molar-refractivity contribution in [3.63, 3.8) is 0 Å². The maximum absolute atomic E-state index is 12.9. The largest absolute Gasteiger partial charge is 0.490 e. The van der Waals surface area contributed by atoms with Crippen LogP contribution in [0.1, 0.15) is 35.7 Å². The molecule has 2 aromatic rings. The highest BCUT2D eigenvalue weighted by molar-refractivity contribution is 9.10. The monoisotopic (exact) mass is 570 g/mol. The molecular weight excluding hydrogens is 552 g/mol. The maximum atomic E-state index is 12.9. The molecule has 2 N–H and O–H groups in total. The van der Waals surface area contributed by atoms with Crippen LogP contribution in [0.4, 0.5) is 4.79 Å². The Morgan fingerprint density at radius 3 is 2.69 bits per heavy atom. The molecule has 11 nitrogen and oxygen atoms in total. The molecule has 0 saturated carbocycles. The lowest BCUT2D eigenvalue weighted by molar-refractivity contribution is -0.144. The Kier molecular flexibility index (Phi) is 8.07. The first-order valence-corrected chi connectivity index (χ1v) is 11.3. The predicted molar refractivity (Wildman–Crippen MR) is 125 cm³/mol. The molecule has 0 radical (unpaired) electrons. The number of furan rings is 1. The molecular formula is C22H20BrClN2O9. The molecule has 1 aromatic heterocycles. The van der Waals surface area contributed by atoms with Gasteiger partial charge in [0.1, 0.15) is 16.5 Å². The van der Waals surface area contributed by atoms with Crippen molar-refractivity contribution in [2.75, 3.05) is 13.7 Å². The van der Waals surface area contributed by atoms with E-state index in [1.807, 2.05) is 0 Å². The number of carbonyl (C=O) groups excluding carboxylic acids is 3. The number of methoxy groups -OCH3 is 1. The molecule has 3 amide bonds. The van der Waals surface area contributed by atoms with Crippen molar-refractivity contribution in [3.05, 3.63) is 50.5 Å². The number of carbonyl (C=O) groups is 4. The number of imide groups is 1. The second kappa shape index (κ2) is 10.8. The van der Waals surface area contributed by atoms with Crippen molar-refractivity contribution in [3.8, 4) is 11.5 Å². The second-order valence-corrected chi connectivity index (χ2v) is 8.26. The fourth-order valence-corrected chi connectivity index (χ4v) is 3.66. The average molecular weight is 572 g/mol. The smallest absolute Gasteiger partial charge is 0.373 e. The molecule has 0 spiro atoms. The third-order valence-electron chi connectivity index (χ3n) is 4.72. The molecule has 0 bridgehead atoms. The second-order valence-electron chi connectivity index (χ2n) is 7.09. The summed E-state index contributed by atoms with van der Waals surface area (Å²) in [6, 6.07) is 3.63. The van der Waals surface area contributed by atoms with Crippen molar-refractivity contribution >= 4 is 57.5 Å². The first kappa shape index (κ1) is 26.1. The number of benzene rings is 1. The molecule has 1 aliphatic heterocycles.